The topological polar surface area (TPSA) is 78.9 Å². The van der Waals surface area contributed by atoms with Crippen LogP contribution in [0.25, 0.3) is 0 Å². The molecule has 168 valence electrons. The summed E-state index contributed by atoms with van der Waals surface area (Å²) >= 11 is 0. The summed E-state index contributed by atoms with van der Waals surface area (Å²) in [5, 5.41) is 0. The van der Waals surface area contributed by atoms with Crippen molar-refractivity contribution in [3.8, 4) is 0 Å². The fourth-order valence-corrected chi connectivity index (χ4v) is 4.01. The number of hydrogen-bond donors (Lipinski definition) is 0. The van der Waals surface area contributed by atoms with Crippen LogP contribution in [-0.2, 0) is 28.6 Å². The van der Waals surface area contributed by atoms with Crippen molar-refractivity contribution in [3.63, 3.8) is 0 Å². The van der Waals surface area contributed by atoms with Gasteiger partial charge in [-0.2, -0.15) is 0 Å². The van der Waals surface area contributed by atoms with Crippen LogP contribution in [0.2, 0.25) is 0 Å². The van der Waals surface area contributed by atoms with E-state index in [9.17, 15) is 14.4 Å². The summed E-state index contributed by atoms with van der Waals surface area (Å²) in [5.41, 5.74) is -1.53. The Hall–Kier alpha value is -1.43. The van der Waals surface area contributed by atoms with Gasteiger partial charge in [-0.3, -0.25) is 14.4 Å². The van der Waals surface area contributed by atoms with Gasteiger partial charge in [0.2, 0.25) is 0 Å². The third-order valence-electron chi connectivity index (χ3n) is 5.93. The van der Waals surface area contributed by atoms with Gasteiger partial charge in [0.05, 0.1) is 6.10 Å². The van der Waals surface area contributed by atoms with Gasteiger partial charge in [0.25, 0.3) is 0 Å². The molecule has 4 atom stereocenters. The molecule has 1 saturated carbocycles. The van der Waals surface area contributed by atoms with E-state index in [-0.39, 0.29) is 37.6 Å². The fraction of sp³-hybridized carbons (Fsp3) is 0.870. The number of carbonyl (C=O) groups is 3. The van der Waals surface area contributed by atoms with Crippen molar-refractivity contribution in [1.29, 1.82) is 0 Å². The lowest BCUT2D eigenvalue weighted by molar-refractivity contribution is -0.184. The maximum Gasteiger partial charge on any atom is 0.325 e. The summed E-state index contributed by atoms with van der Waals surface area (Å²) in [6.45, 7) is 12.9. The number of esters is 2. The van der Waals surface area contributed by atoms with Crippen LogP contribution in [-0.4, -0.2) is 37.2 Å². The molecule has 0 aliphatic heterocycles. The van der Waals surface area contributed by atoms with E-state index < -0.39 is 17.4 Å². The molecule has 29 heavy (non-hydrogen) atoms. The average Bonchev–Trinajstić information content (AvgIpc) is 2.65. The Bertz CT molecular complexity index is 556. The second kappa shape index (κ2) is 11.7. The van der Waals surface area contributed by atoms with Gasteiger partial charge in [0, 0.05) is 12.3 Å². The molecule has 6 heteroatoms. The highest BCUT2D eigenvalue weighted by atomic mass is 16.7. The lowest BCUT2D eigenvalue weighted by Crippen LogP contribution is -2.45. The van der Waals surface area contributed by atoms with E-state index >= 15 is 0 Å². The molecule has 0 aromatic rings. The summed E-state index contributed by atoms with van der Waals surface area (Å²) in [7, 11) is 0. The quantitative estimate of drug-likeness (QED) is 0.282. The Morgan fingerprint density at radius 2 is 1.72 bits per heavy atom. The first-order valence-electron chi connectivity index (χ1n) is 11.0. The number of Topliss-reactive ketones (excluding diaryl/α,β-unsaturated/α-hetero) is 1. The number of hydrogen-bond acceptors (Lipinski definition) is 6. The highest BCUT2D eigenvalue weighted by Crippen LogP contribution is 2.35. The van der Waals surface area contributed by atoms with Crippen LogP contribution >= 0.6 is 0 Å². The Labute approximate surface area is 176 Å². The zero-order chi connectivity index (χ0) is 22.2. The van der Waals surface area contributed by atoms with Gasteiger partial charge in [-0.1, -0.05) is 48.0 Å². The third-order valence-corrected chi connectivity index (χ3v) is 5.93. The Kier molecular flexibility index (Phi) is 10.3. The minimum Gasteiger partial charge on any atom is -0.464 e. The normalized spacial score (nSPS) is 24.2. The van der Waals surface area contributed by atoms with Crippen molar-refractivity contribution in [2.75, 3.05) is 13.4 Å². The predicted octanol–water partition coefficient (Wildman–Crippen LogP) is 4.54. The molecule has 0 spiro atoms. The monoisotopic (exact) mass is 412 g/mol. The highest BCUT2D eigenvalue weighted by Gasteiger charge is 2.45. The molecule has 4 unspecified atom stereocenters. The smallest absolute Gasteiger partial charge is 0.325 e. The van der Waals surface area contributed by atoms with Crippen LogP contribution in [0.1, 0.15) is 80.6 Å². The van der Waals surface area contributed by atoms with E-state index in [0.717, 1.165) is 12.8 Å². The largest absolute Gasteiger partial charge is 0.464 e. The molecule has 0 N–H and O–H groups in total. The summed E-state index contributed by atoms with van der Waals surface area (Å²) in [6.07, 6.45) is 4.17. The summed E-state index contributed by atoms with van der Waals surface area (Å²) < 4.78 is 16.5. The van der Waals surface area contributed by atoms with Crippen LogP contribution < -0.4 is 0 Å². The molecule has 1 rings (SSSR count). The van der Waals surface area contributed by atoms with E-state index in [1.54, 1.807) is 13.8 Å². The molecule has 0 bridgehead atoms. The Balaban J connectivity index is 2.73. The molecule has 1 fully saturated rings. The van der Waals surface area contributed by atoms with Crippen LogP contribution in [0.5, 0.6) is 0 Å². The molecule has 0 heterocycles. The lowest BCUT2D eigenvalue weighted by Gasteiger charge is -2.37. The van der Waals surface area contributed by atoms with E-state index in [1.807, 2.05) is 6.92 Å². The molecule has 0 aromatic heterocycles. The molecule has 0 radical (unpaired) electrons. The molecule has 1 aliphatic rings. The highest BCUT2D eigenvalue weighted by molar-refractivity contribution is 6.04. The van der Waals surface area contributed by atoms with Crippen molar-refractivity contribution in [3.05, 3.63) is 0 Å². The van der Waals surface area contributed by atoms with Gasteiger partial charge in [0.1, 0.15) is 6.61 Å². The molecule has 0 amide bonds. The van der Waals surface area contributed by atoms with Crippen molar-refractivity contribution >= 4 is 17.7 Å². The minimum atomic E-state index is -1.53. The summed E-state index contributed by atoms with van der Waals surface area (Å²) in [6, 6.07) is 0. The van der Waals surface area contributed by atoms with Crippen LogP contribution in [0.4, 0.5) is 0 Å². The van der Waals surface area contributed by atoms with E-state index in [1.165, 1.54) is 13.3 Å². The van der Waals surface area contributed by atoms with E-state index in [4.69, 9.17) is 14.2 Å². The van der Waals surface area contributed by atoms with Crippen LogP contribution in [0.3, 0.4) is 0 Å². The van der Waals surface area contributed by atoms with Gasteiger partial charge in [-0.05, 0) is 43.9 Å². The van der Waals surface area contributed by atoms with Crippen molar-refractivity contribution < 1.29 is 28.6 Å². The number of ketones is 1. The number of ether oxygens (including phenoxy) is 3. The SMILES string of the molecule is CCCC(=O)OCC(C)(C(=O)OCOC1CC(C)CCC1C(C)C)C(=O)C(C)C. The van der Waals surface area contributed by atoms with Gasteiger partial charge in [-0.15, -0.1) is 0 Å². The third kappa shape index (κ3) is 7.40. The van der Waals surface area contributed by atoms with Gasteiger partial charge < -0.3 is 14.2 Å². The Morgan fingerprint density at radius 1 is 1.07 bits per heavy atom. The molecule has 0 saturated heterocycles. The standard InChI is InChI=1S/C23H40O6/c1-8-9-20(24)27-13-23(7,21(25)16(4)5)22(26)29-14-28-19-12-17(6)10-11-18(19)15(2)3/h15-19H,8-14H2,1-7H3. The molecular weight excluding hydrogens is 372 g/mol. The van der Waals surface area contributed by atoms with Gasteiger partial charge >= 0.3 is 11.9 Å². The molecular formula is C23H40O6. The second-order valence-electron chi connectivity index (χ2n) is 9.34. The van der Waals surface area contributed by atoms with Crippen molar-refractivity contribution in [2.24, 2.45) is 29.1 Å². The van der Waals surface area contributed by atoms with Crippen molar-refractivity contribution in [1.82, 2.24) is 0 Å². The maximum absolute atomic E-state index is 12.8. The molecule has 1 aliphatic carbocycles. The zero-order valence-corrected chi connectivity index (χ0v) is 19.3. The Morgan fingerprint density at radius 3 is 2.28 bits per heavy atom. The second-order valence-corrected chi connectivity index (χ2v) is 9.34. The molecule has 6 nitrogen and oxygen atoms in total. The first-order chi connectivity index (χ1) is 13.5. The molecule has 0 aromatic carbocycles. The fourth-order valence-electron chi connectivity index (χ4n) is 4.01. The maximum atomic E-state index is 12.8. The number of carbonyl (C=O) groups excluding carboxylic acids is 3. The van der Waals surface area contributed by atoms with Gasteiger partial charge in [-0.25, -0.2) is 0 Å². The predicted molar refractivity (Wildman–Crippen MR) is 111 cm³/mol. The average molecular weight is 413 g/mol. The van der Waals surface area contributed by atoms with Crippen LogP contribution in [0, 0.1) is 29.1 Å². The van der Waals surface area contributed by atoms with E-state index in [2.05, 4.69) is 20.8 Å². The number of rotatable bonds is 11. The minimum absolute atomic E-state index is 0.0426. The lowest BCUT2D eigenvalue weighted by atomic mass is 9.75. The van der Waals surface area contributed by atoms with Crippen LogP contribution in [0.15, 0.2) is 0 Å². The van der Waals surface area contributed by atoms with E-state index in [0.29, 0.717) is 24.2 Å². The van der Waals surface area contributed by atoms with Gasteiger partial charge in [0.15, 0.2) is 18.0 Å². The van der Waals surface area contributed by atoms with Crippen molar-refractivity contribution in [2.45, 2.75) is 86.7 Å². The first kappa shape index (κ1) is 25.6. The summed E-state index contributed by atoms with van der Waals surface area (Å²) in [4.78, 5) is 37.2. The first-order valence-corrected chi connectivity index (χ1v) is 11.0. The zero-order valence-electron chi connectivity index (χ0n) is 19.3. The summed E-state index contributed by atoms with van der Waals surface area (Å²) in [5.74, 6) is -0.309.